The van der Waals surface area contributed by atoms with E-state index in [1.807, 2.05) is 0 Å². The van der Waals surface area contributed by atoms with Crippen molar-refractivity contribution in [1.29, 1.82) is 0 Å². The van der Waals surface area contributed by atoms with E-state index < -0.39 is 16.0 Å². The summed E-state index contributed by atoms with van der Waals surface area (Å²) in [6, 6.07) is 10.6. The van der Waals surface area contributed by atoms with Gasteiger partial charge < -0.3 is 9.47 Å². The summed E-state index contributed by atoms with van der Waals surface area (Å²) in [5.41, 5.74) is 0.116. The first-order chi connectivity index (χ1) is 12.9. The zero-order valence-electron chi connectivity index (χ0n) is 14.9. The van der Waals surface area contributed by atoms with Crippen LogP contribution in [0.2, 0.25) is 5.02 Å². The average molecular weight is 410 g/mol. The quantitative estimate of drug-likeness (QED) is 0.555. The zero-order valence-corrected chi connectivity index (χ0v) is 16.4. The number of hydrogen-bond acceptors (Lipinski definition) is 5. The van der Waals surface area contributed by atoms with Crippen LogP contribution in [0.3, 0.4) is 0 Å². The van der Waals surface area contributed by atoms with E-state index in [4.69, 9.17) is 21.1 Å². The highest BCUT2D eigenvalue weighted by Gasteiger charge is 2.29. The number of sulfonamides is 1. The Morgan fingerprint density at radius 2 is 1.63 bits per heavy atom. The van der Waals surface area contributed by atoms with Crippen LogP contribution in [0.5, 0.6) is 11.5 Å². The number of benzene rings is 2. The smallest absolute Gasteiger partial charge is 0.343 e. The van der Waals surface area contributed by atoms with Gasteiger partial charge >= 0.3 is 5.97 Å². The second kappa shape index (κ2) is 8.29. The van der Waals surface area contributed by atoms with Crippen molar-refractivity contribution >= 4 is 27.6 Å². The number of methoxy groups -OCH3 is 1. The van der Waals surface area contributed by atoms with Crippen LogP contribution in [-0.4, -0.2) is 38.9 Å². The van der Waals surface area contributed by atoms with Gasteiger partial charge in [-0.25, -0.2) is 13.2 Å². The van der Waals surface area contributed by atoms with E-state index in [1.165, 1.54) is 22.5 Å². The zero-order chi connectivity index (χ0) is 19.4. The lowest BCUT2D eigenvalue weighted by atomic mass is 10.2. The van der Waals surface area contributed by atoms with Crippen molar-refractivity contribution in [2.75, 3.05) is 20.2 Å². The van der Waals surface area contributed by atoms with Gasteiger partial charge in [0.15, 0.2) is 0 Å². The van der Waals surface area contributed by atoms with Gasteiger partial charge in [0.05, 0.1) is 17.7 Å². The lowest BCUT2D eigenvalue weighted by molar-refractivity contribution is 0.0734. The predicted molar refractivity (Wildman–Crippen MR) is 102 cm³/mol. The Hall–Kier alpha value is -2.09. The van der Waals surface area contributed by atoms with Crippen LogP contribution >= 0.6 is 11.6 Å². The molecule has 1 heterocycles. The molecule has 0 atom stereocenters. The number of rotatable bonds is 5. The number of halogens is 1. The standard InChI is InChI=1S/C19H20ClNO5S/c1-25-15-6-8-16(9-7-15)26-19(22)14-5-10-17(20)18(13-14)27(23,24)21-11-3-2-4-12-21/h5-10,13H,2-4,11-12H2,1H3. The first kappa shape index (κ1) is 19.7. The van der Waals surface area contributed by atoms with Crippen LogP contribution in [-0.2, 0) is 10.0 Å². The molecule has 0 unspecified atom stereocenters. The van der Waals surface area contributed by atoms with Crippen molar-refractivity contribution in [3.05, 3.63) is 53.1 Å². The summed E-state index contributed by atoms with van der Waals surface area (Å²) >= 11 is 6.13. The van der Waals surface area contributed by atoms with Crippen LogP contribution in [0.1, 0.15) is 29.6 Å². The number of carbonyl (C=O) groups excluding carboxylic acids is 1. The number of nitrogens with zero attached hydrogens (tertiary/aromatic N) is 1. The third kappa shape index (κ3) is 4.43. The average Bonchev–Trinajstić information content (AvgIpc) is 2.69. The molecular weight excluding hydrogens is 390 g/mol. The molecule has 0 radical (unpaired) electrons. The van der Waals surface area contributed by atoms with E-state index in [9.17, 15) is 13.2 Å². The molecule has 0 aromatic heterocycles. The monoisotopic (exact) mass is 409 g/mol. The largest absolute Gasteiger partial charge is 0.497 e. The van der Waals surface area contributed by atoms with E-state index in [1.54, 1.807) is 31.4 Å². The number of carbonyl (C=O) groups is 1. The summed E-state index contributed by atoms with van der Waals surface area (Å²) in [5, 5.41) is 0.0848. The molecule has 1 fully saturated rings. The van der Waals surface area contributed by atoms with Gasteiger partial charge in [-0.05, 0) is 55.3 Å². The van der Waals surface area contributed by atoms with Crippen LogP contribution in [0.15, 0.2) is 47.4 Å². The molecule has 1 saturated heterocycles. The van der Waals surface area contributed by atoms with Crippen molar-refractivity contribution in [3.8, 4) is 11.5 Å². The minimum absolute atomic E-state index is 0.0738. The Balaban J connectivity index is 1.84. The number of piperidine rings is 1. The summed E-state index contributed by atoms with van der Waals surface area (Å²) in [6.45, 7) is 0.915. The lowest BCUT2D eigenvalue weighted by Crippen LogP contribution is -2.35. The third-order valence-electron chi connectivity index (χ3n) is 4.37. The maximum atomic E-state index is 12.9. The fourth-order valence-electron chi connectivity index (χ4n) is 2.88. The fraction of sp³-hybridized carbons (Fsp3) is 0.316. The Morgan fingerprint density at radius 3 is 2.26 bits per heavy atom. The maximum absolute atomic E-state index is 12.9. The summed E-state index contributed by atoms with van der Waals surface area (Å²) in [4.78, 5) is 12.4. The van der Waals surface area contributed by atoms with Crippen molar-refractivity contribution in [1.82, 2.24) is 4.31 Å². The number of hydrogen-bond donors (Lipinski definition) is 0. The molecule has 0 saturated carbocycles. The Labute approximate surface area is 163 Å². The van der Waals surface area contributed by atoms with Gasteiger partial charge in [0.25, 0.3) is 0 Å². The van der Waals surface area contributed by atoms with E-state index in [0.29, 0.717) is 24.6 Å². The molecule has 1 aliphatic rings. The van der Waals surface area contributed by atoms with Crippen molar-refractivity contribution in [2.24, 2.45) is 0 Å². The Bertz CT molecular complexity index is 922. The fourth-order valence-corrected chi connectivity index (χ4v) is 4.90. The van der Waals surface area contributed by atoms with Gasteiger partial charge in [0, 0.05) is 13.1 Å². The topological polar surface area (TPSA) is 72.9 Å². The molecule has 27 heavy (non-hydrogen) atoms. The molecule has 0 bridgehead atoms. The highest BCUT2D eigenvalue weighted by molar-refractivity contribution is 7.89. The highest BCUT2D eigenvalue weighted by Crippen LogP contribution is 2.28. The second-order valence-electron chi connectivity index (χ2n) is 6.17. The predicted octanol–water partition coefficient (Wildman–Crippen LogP) is 3.74. The summed E-state index contributed by atoms with van der Waals surface area (Å²) in [7, 11) is -2.21. The van der Waals surface area contributed by atoms with Gasteiger partial charge in [-0.3, -0.25) is 0 Å². The van der Waals surface area contributed by atoms with Crippen LogP contribution in [0, 0.1) is 0 Å². The van der Waals surface area contributed by atoms with Gasteiger partial charge in [-0.1, -0.05) is 18.0 Å². The van der Waals surface area contributed by atoms with Crippen molar-refractivity contribution < 1.29 is 22.7 Å². The van der Waals surface area contributed by atoms with Gasteiger partial charge in [-0.2, -0.15) is 4.31 Å². The molecule has 3 rings (SSSR count). The summed E-state index contributed by atoms with van der Waals surface area (Å²) < 4.78 is 37.6. The lowest BCUT2D eigenvalue weighted by Gasteiger charge is -2.26. The minimum Gasteiger partial charge on any atom is -0.497 e. The van der Waals surface area contributed by atoms with Crippen LogP contribution in [0.4, 0.5) is 0 Å². The van der Waals surface area contributed by atoms with E-state index in [0.717, 1.165) is 19.3 Å². The first-order valence-electron chi connectivity index (χ1n) is 8.58. The summed E-state index contributed by atoms with van der Waals surface area (Å²) in [5.74, 6) is 0.305. The van der Waals surface area contributed by atoms with Crippen LogP contribution < -0.4 is 9.47 Å². The first-order valence-corrected chi connectivity index (χ1v) is 10.4. The van der Waals surface area contributed by atoms with Gasteiger partial charge in [0.1, 0.15) is 16.4 Å². The van der Waals surface area contributed by atoms with E-state index in [-0.39, 0.29) is 15.5 Å². The molecule has 0 aliphatic carbocycles. The molecule has 1 aliphatic heterocycles. The Morgan fingerprint density at radius 1 is 1.00 bits per heavy atom. The minimum atomic E-state index is -3.75. The third-order valence-corrected chi connectivity index (χ3v) is 6.75. The molecule has 8 heteroatoms. The molecule has 2 aromatic rings. The van der Waals surface area contributed by atoms with Gasteiger partial charge in [-0.15, -0.1) is 0 Å². The van der Waals surface area contributed by atoms with Crippen LogP contribution in [0.25, 0.3) is 0 Å². The SMILES string of the molecule is COc1ccc(OC(=O)c2ccc(Cl)c(S(=O)(=O)N3CCCCC3)c2)cc1. The Kier molecular flexibility index (Phi) is 6.04. The maximum Gasteiger partial charge on any atom is 0.343 e. The number of ether oxygens (including phenoxy) is 2. The molecule has 6 nitrogen and oxygen atoms in total. The number of esters is 1. The molecule has 2 aromatic carbocycles. The van der Waals surface area contributed by atoms with E-state index >= 15 is 0 Å². The second-order valence-corrected chi connectivity index (χ2v) is 8.49. The molecular formula is C19H20ClNO5S. The van der Waals surface area contributed by atoms with Crippen molar-refractivity contribution in [3.63, 3.8) is 0 Å². The van der Waals surface area contributed by atoms with Crippen molar-refractivity contribution in [2.45, 2.75) is 24.2 Å². The normalized spacial score (nSPS) is 15.3. The van der Waals surface area contributed by atoms with E-state index in [2.05, 4.69) is 0 Å². The molecule has 0 N–H and O–H groups in total. The summed E-state index contributed by atoms with van der Waals surface area (Å²) in [6.07, 6.45) is 2.64. The molecule has 144 valence electrons. The van der Waals surface area contributed by atoms with Gasteiger partial charge in [0.2, 0.25) is 10.0 Å². The highest BCUT2D eigenvalue weighted by atomic mass is 35.5. The molecule has 0 spiro atoms. The molecule has 0 amide bonds.